The Morgan fingerprint density at radius 2 is 1.28 bits per heavy atom. The molecule has 0 spiro atoms. The topological polar surface area (TPSA) is 143 Å². The second-order valence-corrected chi connectivity index (χ2v) is 11.3. The number of carbonyl (C=O) groups is 3. The van der Waals surface area contributed by atoms with Crippen molar-refractivity contribution in [3.8, 4) is 0 Å². The fraction of sp³-hybridized carbons (Fsp3) is 0.156. The Kier molecular flexibility index (Phi) is 10.1. The van der Waals surface area contributed by atoms with Crippen molar-refractivity contribution in [2.45, 2.75) is 30.8 Å². The molecule has 4 rings (SSSR count). The standard InChI is InChI=1S/C32H32N4O6S/c1-3-42-30(37)25-15-10-16-26(21-25)33-31(38)34-28(23-11-6-4-7-12-23)29(24-13-8-5-9-14-24)35-32(39)36-43(40,41)27-19-17-22(2)18-20-27/h4-21,28-29H,3H2,1-2H3,(H2,33,34,38)(H2,35,36,39)/t28-,29+/m0/s1. The lowest BCUT2D eigenvalue weighted by molar-refractivity contribution is 0.0526. The first-order valence-electron chi connectivity index (χ1n) is 13.5. The van der Waals surface area contributed by atoms with E-state index in [1.165, 1.54) is 18.2 Å². The van der Waals surface area contributed by atoms with Crippen molar-refractivity contribution in [2.24, 2.45) is 0 Å². The highest BCUT2D eigenvalue weighted by Crippen LogP contribution is 2.29. The lowest BCUT2D eigenvalue weighted by atomic mass is 9.93. The molecular weight excluding hydrogens is 568 g/mol. The summed E-state index contributed by atoms with van der Waals surface area (Å²) in [7, 11) is -4.17. The molecule has 4 aromatic carbocycles. The number of urea groups is 2. The Bertz CT molecular complexity index is 1660. The Hall–Kier alpha value is -5.16. The largest absolute Gasteiger partial charge is 0.462 e. The van der Waals surface area contributed by atoms with Crippen molar-refractivity contribution < 1.29 is 27.5 Å². The van der Waals surface area contributed by atoms with Crippen molar-refractivity contribution in [3.63, 3.8) is 0 Å². The van der Waals surface area contributed by atoms with Crippen molar-refractivity contribution in [1.29, 1.82) is 0 Å². The van der Waals surface area contributed by atoms with Gasteiger partial charge in [-0.05, 0) is 55.3 Å². The fourth-order valence-electron chi connectivity index (χ4n) is 4.35. The molecule has 10 nitrogen and oxygen atoms in total. The number of rotatable bonds is 10. The van der Waals surface area contributed by atoms with E-state index in [-0.39, 0.29) is 17.1 Å². The number of benzene rings is 4. The van der Waals surface area contributed by atoms with Crippen molar-refractivity contribution in [2.75, 3.05) is 11.9 Å². The van der Waals surface area contributed by atoms with Crippen molar-refractivity contribution >= 4 is 33.7 Å². The van der Waals surface area contributed by atoms with Crippen LogP contribution in [0.15, 0.2) is 114 Å². The summed E-state index contributed by atoms with van der Waals surface area (Å²) in [6, 6.07) is 26.9. The molecule has 4 amide bonds. The van der Waals surface area contributed by atoms with E-state index in [9.17, 15) is 22.8 Å². The molecule has 222 valence electrons. The van der Waals surface area contributed by atoms with E-state index in [1.54, 1.807) is 91.9 Å². The Balaban J connectivity index is 1.61. The summed E-state index contributed by atoms with van der Waals surface area (Å²) < 4.78 is 33.0. The predicted octanol–water partition coefficient (Wildman–Crippen LogP) is 5.46. The summed E-state index contributed by atoms with van der Waals surface area (Å²) in [5.41, 5.74) is 2.75. The van der Waals surface area contributed by atoms with Crippen LogP contribution in [-0.2, 0) is 14.8 Å². The number of anilines is 1. The molecule has 11 heteroatoms. The van der Waals surface area contributed by atoms with Gasteiger partial charge in [0.2, 0.25) is 0 Å². The van der Waals surface area contributed by atoms with Gasteiger partial charge in [0.1, 0.15) is 0 Å². The zero-order chi connectivity index (χ0) is 30.8. The van der Waals surface area contributed by atoms with E-state index in [1.807, 2.05) is 13.0 Å². The SMILES string of the molecule is CCOC(=O)c1cccc(NC(=O)N[C@@H](c2ccccc2)[C@H](NC(=O)NS(=O)(=O)c2ccc(C)cc2)c2ccccc2)c1. The summed E-state index contributed by atoms with van der Waals surface area (Å²) in [6.07, 6.45) is 0. The van der Waals surface area contributed by atoms with Crippen LogP contribution in [0.5, 0.6) is 0 Å². The van der Waals surface area contributed by atoms with Crippen LogP contribution in [0.4, 0.5) is 15.3 Å². The van der Waals surface area contributed by atoms with Crippen LogP contribution in [0.1, 0.15) is 46.1 Å². The molecule has 0 unspecified atom stereocenters. The van der Waals surface area contributed by atoms with Crippen LogP contribution in [0.3, 0.4) is 0 Å². The van der Waals surface area contributed by atoms with Gasteiger partial charge in [0.15, 0.2) is 0 Å². The maximum Gasteiger partial charge on any atom is 0.338 e. The third kappa shape index (κ3) is 8.43. The van der Waals surface area contributed by atoms with Crippen molar-refractivity contribution in [3.05, 3.63) is 131 Å². The van der Waals surface area contributed by atoms with Gasteiger partial charge in [0.25, 0.3) is 10.0 Å². The van der Waals surface area contributed by atoms with Crippen LogP contribution < -0.4 is 20.7 Å². The molecule has 0 aliphatic carbocycles. The third-order valence-corrected chi connectivity index (χ3v) is 7.76. The van der Waals surface area contributed by atoms with Gasteiger partial charge in [-0.15, -0.1) is 0 Å². The van der Waals surface area contributed by atoms with Gasteiger partial charge in [-0.2, -0.15) is 0 Å². The number of esters is 1. The van der Waals surface area contributed by atoms with Crippen LogP contribution in [0.25, 0.3) is 0 Å². The molecule has 4 aromatic rings. The molecule has 0 heterocycles. The summed E-state index contributed by atoms with van der Waals surface area (Å²) in [6.45, 7) is 3.74. The molecule has 0 fully saturated rings. The van der Waals surface area contributed by atoms with E-state index in [2.05, 4.69) is 20.7 Å². The minimum absolute atomic E-state index is 0.0633. The molecular formula is C32H32N4O6S. The Morgan fingerprint density at radius 1 is 0.721 bits per heavy atom. The number of ether oxygens (including phenoxy) is 1. The monoisotopic (exact) mass is 600 g/mol. The highest BCUT2D eigenvalue weighted by atomic mass is 32.2. The van der Waals surface area contributed by atoms with Gasteiger partial charge in [-0.25, -0.2) is 27.5 Å². The number of hydrogen-bond acceptors (Lipinski definition) is 6. The number of amides is 4. The molecule has 0 bridgehead atoms. The minimum Gasteiger partial charge on any atom is -0.462 e. The number of hydrogen-bond donors (Lipinski definition) is 4. The molecule has 0 aliphatic heterocycles. The predicted molar refractivity (Wildman–Crippen MR) is 163 cm³/mol. The van der Waals surface area contributed by atoms with Crippen LogP contribution in [0.2, 0.25) is 0 Å². The molecule has 43 heavy (non-hydrogen) atoms. The molecule has 0 saturated carbocycles. The summed E-state index contributed by atoms with van der Waals surface area (Å²) in [5, 5.41) is 8.37. The second kappa shape index (κ2) is 14.1. The smallest absolute Gasteiger partial charge is 0.338 e. The summed E-state index contributed by atoms with van der Waals surface area (Å²) >= 11 is 0. The molecule has 4 N–H and O–H groups in total. The van der Waals surface area contributed by atoms with Crippen LogP contribution >= 0.6 is 0 Å². The number of nitrogens with one attached hydrogen (secondary N) is 4. The van der Waals surface area contributed by atoms with Gasteiger partial charge in [0.05, 0.1) is 29.1 Å². The lowest BCUT2D eigenvalue weighted by Crippen LogP contribution is -2.46. The highest BCUT2D eigenvalue weighted by molar-refractivity contribution is 7.90. The number of sulfonamides is 1. The van der Waals surface area contributed by atoms with Gasteiger partial charge >= 0.3 is 18.0 Å². The molecule has 2 atom stereocenters. The van der Waals surface area contributed by atoms with E-state index in [4.69, 9.17) is 4.74 Å². The van der Waals surface area contributed by atoms with Gasteiger partial charge in [0, 0.05) is 5.69 Å². The number of carbonyl (C=O) groups excluding carboxylic acids is 3. The first kappa shape index (κ1) is 30.8. The average molecular weight is 601 g/mol. The lowest BCUT2D eigenvalue weighted by Gasteiger charge is -2.30. The summed E-state index contributed by atoms with van der Waals surface area (Å²) in [4.78, 5) is 38.6. The first-order chi connectivity index (χ1) is 20.7. The quantitative estimate of drug-likeness (QED) is 0.178. The normalized spacial score (nSPS) is 12.3. The maximum atomic E-state index is 13.3. The van der Waals surface area contributed by atoms with E-state index < -0.39 is 40.1 Å². The molecule has 0 radical (unpaired) electrons. The van der Waals surface area contributed by atoms with Gasteiger partial charge < -0.3 is 20.7 Å². The first-order valence-corrected chi connectivity index (χ1v) is 15.0. The minimum atomic E-state index is -4.17. The van der Waals surface area contributed by atoms with Crippen LogP contribution in [0, 0.1) is 6.92 Å². The zero-order valence-corrected chi connectivity index (χ0v) is 24.4. The Labute approximate surface area is 250 Å². The fourth-order valence-corrected chi connectivity index (χ4v) is 5.27. The number of aryl methyl sites for hydroxylation is 1. The molecule has 0 aliphatic rings. The van der Waals surface area contributed by atoms with E-state index >= 15 is 0 Å². The van der Waals surface area contributed by atoms with Crippen molar-refractivity contribution in [1.82, 2.24) is 15.4 Å². The molecule has 0 aromatic heterocycles. The van der Waals surface area contributed by atoms with Gasteiger partial charge in [-0.3, -0.25) is 0 Å². The molecule has 0 saturated heterocycles. The van der Waals surface area contributed by atoms with Gasteiger partial charge in [-0.1, -0.05) is 84.4 Å². The van der Waals surface area contributed by atoms with Crippen LogP contribution in [-0.4, -0.2) is 33.1 Å². The average Bonchev–Trinajstić information content (AvgIpc) is 3.00. The third-order valence-electron chi connectivity index (χ3n) is 6.41. The highest BCUT2D eigenvalue weighted by Gasteiger charge is 2.30. The summed E-state index contributed by atoms with van der Waals surface area (Å²) in [5.74, 6) is -0.520. The maximum absolute atomic E-state index is 13.3. The zero-order valence-electron chi connectivity index (χ0n) is 23.6. The van der Waals surface area contributed by atoms with E-state index in [0.717, 1.165) is 5.56 Å². The van der Waals surface area contributed by atoms with E-state index in [0.29, 0.717) is 16.8 Å². The second-order valence-electron chi connectivity index (χ2n) is 9.57. The Morgan fingerprint density at radius 3 is 1.84 bits per heavy atom.